The number of aryl methyl sites for hydroxylation is 1. The molecule has 0 radical (unpaired) electrons. The lowest BCUT2D eigenvalue weighted by Gasteiger charge is -2.08. The second kappa shape index (κ2) is 6.15. The lowest BCUT2D eigenvalue weighted by Crippen LogP contribution is -2.17. The molecule has 114 valence electrons. The molecule has 0 aliphatic carbocycles. The summed E-state index contributed by atoms with van der Waals surface area (Å²) in [5.41, 5.74) is 0.878. The van der Waals surface area contributed by atoms with Gasteiger partial charge in [-0.15, -0.1) is 0 Å². The fourth-order valence-corrected chi connectivity index (χ4v) is 2.07. The molecule has 3 rings (SSSR count). The molecule has 0 saturated heterocycles. The average molecular weight is 321 g/mol. The largest absolute Gasteiger partial charge is 0.482 e. The van der Waals surface area contributed by atoms with Gasteiger partial charge in [0.25, 0.3) is 0 Å². The van der Waals surface area contributed by atoms with E-state index in [9.17, 15) is 4.79 Å². The van der Waals surface area contributed by atoms with Gasteiger partial charge in [-0.25, -0.2) is 4.79 Å². The highest BCUT2D eigenvalue weighted by molar-refractivity contribution is 6.31. The Labute approximate surface area is 132 Å². The van der Waals surface area contributed by atoms with Crippen molar-refractivity contribution in [2.45, 2.75) is 6.92 Å². The molecule has 1 heterocycles. The van der Waals surface area contributed by atoms with Gasteiger partial charge in [-0.3, -0.25) is 0 Å². The van der Waals surface area contributed by atoms with Crippen molar-refractivity contribution in [1.29, 1.82) is 0 Å². The summed E-state index contributed by atoms with van der Waals surface area (Å²) >= 11 is 5.93. The Morgan fingerprint density at radius 3 is 2.73 bits per heavy atom. The predicted octanol–water partition coefficient (Wildman–Crippen LogP) is 3.36. The highest BCUT2D eigenvalue weighted by Crippen LogP contribution is 2.35. The number of benzene rings is 2. The third kappa shape index (κ3) is 3.26. The minimum absolute atomic E-state index is 0.172. The molecule has 22 heavy (non-hydrogen) atoms. The lowest BCUT2D eigenvalue weighted by atomic mass is 10.2. The van der Waals surface area contributed by atoms with Crippen LogP contribution in [0.2, 0.25) is 5.02 Å². The van der Waals surface area contributed by atoms with Crippen molar-refractivity contribution in [3.8, 4) is 23.0 Å². The number of ether oxygens (including phenoxy) is 4. The van der Waals surface area contributed by atoms with Crippen molar-refractivity contribution in [1.82, 2.24) is 0 Å². The van der Waals surface area contributed by atoms with E-state index in [2.05, 4.69) is 0 Å². The molecule has 0 spiro atoms. The molecule has 2 aromatic rings. The Hall–Kier alpha value is -2.40. The van der Waals surface area contributed by atoms with Crippen LogP contribution in [0.1, 0.15) is 5.56 Å². The van der Waals surface area contributed by atoms with E-state index in [4.69, 9.17) is 30.5 Å². The Kier molecular flexibility index (Phi) is 4.06. The van der Waals surface area contributed by atoms with Gasteiger partial charge in [-0.2, -0.15) is 0 Å². The van der Waals surface area contributed by atoms with Crippen LogP contribution in [0, 0.1) is 6.92 Å². The summed E-state index contributed by atoms with van der Waals surface area (Å²) < 4.78 is 21.0. The van der Waals surface area contributed by atoms with Gasteiger partial charge in [0.1, 0.15) is 11.5 Å². The van der Waals surface area contributed by atoms with E-state index in [0.29, 0.717) is 28.0 Å². The molecule has 2 aromatic carbocycles. The first-order valence-electron chi connectivity index (χ1n) is 6.61. The Balaban J connectivity index is 1.57. The number of rotatable bonds is 4. The van der Waals surface area contributed by atoms with Gasteiger partial charge < -0.3 is 18.9 Å². The van der Waals surface area contributed by atoms with Crippen LogP contribution >= 0.6 is 11.6 Å². The maximum Gasteiger partial charge on any atom is 0.349 e. The zero-order valence-electron chi connectivity index (χ0n) is 11.8. The highest BCUT2D eigenvalue weighted by atomic mass is 35.5. The maximum atomic E-state index is 11.8. The summed E-state index contributed by atoms with van der Waals surface area (Å²) in [7, 11) is 0. The van der Waals surface area contributed by atoms with Crippen LogP contribution in [0.25, 0.3) is 0 Å². The molecule has 0 amide bonds. The molecule has 0 atom stereocenters. The Bertz CT molecular complexity index is 714. The number of hydrogen-bond donors (Lipinski definition) is 0. The van der Waals surface area contributed by atoms with Crippen LogP contribution in [0.3, 0.4) is 0 Å². The quantitative estimate of drug-likeness (QED) is 0.638. The van der Waals surface area contributed by atoms with Crippen LogP contribution in [0.4, 0.5) is 0 Å². The zero-order valence-corrected chi connectivity index (χ0v) is 12.6. The monoisotopic (exact) mass is 320 g/mol. The van der Waals surface area contributed by atoms with Crippen LogP contribution in [0.5, 0.6) is 23.0 Å². The summed E-state index contributed by atoms with van der Waals surface area (Å²) in [6.45, 7) is 1.83. The van der Waals surface area contributed by atoms with Gasteiger partial charge in [-0.05, 0) is 42.8 Å². The van der Waals surface area contributed by atoms with Crippen molar-refractivity contribution >= 4 is 17.6 Å². The summed E-state index contributed by atoms with van der Waals surface area (Å²) in [6, 6.07) is 10.1. The third-order valence-electron chi connectivity index (χ3n) is 3.06. The van der Waals surface area contributed by atoms with Gasteiger partial charge in [0.2, 0.25) is 6.79 Å². The molecular formula is C16H13ClO5. The number of esters is 1. The van der Waals surface area contributed by atoms with Crippen molar-refractivity contribution in [2.24, 2.45) is 0 Å². The fourth-order valence-electron chi connectivity index (χ4n) is 1.95. The Morgan fingerprint density at radius 2 is 1.91 bits per heavy atom. The molecule has 0 aromatic heterocycles. The molecule has 0 fully saturated rings. The second-order valence-electron chi connectivity index (χ2n) is 4.69. The molecule has 6 heteroatoms. The highest BCUT2D eigenvalue weighted by Gasteiger charge is 2.15. The van der Waals surface area contributed by atoms with Gasteiger partial charge in [0.15, 0.2) is 18.1 Å². The van der Waals surface area contributed by atoms with E-state index in [1.54, 1.807) is 36.4 Å². The summed E-state index contributed by atoms with van der Waals surface area (Å²) in [4.78, 5) is 11.8. The maximum absolute atomic E-state index is 11.8. The van der Waals surface area contributed by atoms with Crippen molar-refractivity contribution in [2.75, 3.05) is 13.4 Å². The number of hydrogen-bond acceptors (Lipinski definition) is 5. The van der Waals surface area contributed by atoms with Crippen LogP contribution < -0.4 is 18.9 Å². The first-order chi connectivity index (χ1) is 10.6. The molecule has 0 bridgehead atoms. The van der Waals surface area contributed by atoms with Crippen molar-refractivity contribution < 1.29 is 23.7 Å². The molecule has 0 N–H and O–H groups in total. The lowest BCUT2D eigenvalue weighted by molar-refractivity contribution is -0.136. The molecular weight excluding hydrogens is 308 g/mol. The fraction of sp³-hybridized carbons (Fsp3) is 0.188. The van der Waals surface area contributed by atoms with E-state index >= 15 is 0 Å². The Morgan fingerprint density at radius 1 is 1.14 bits per heavy atom. The average Bonchev–Trinajstić information content (AvgIpc) is 2.96. The molecule has 5 nitrogen and oxygen atoms in total. The first-order valence-corrected chi connectivity index (χ1v) is 6.99. The summed E-state index contributed by atoms with van der Waals surface area (Å²) in [5, 5.41) is 0.648. The van der Waals surface area contributed by atoms with Crippen LogP contribution in [-0.2, 0) is 4.79 Å². The topological polar surface area (TPSA) is 54.0 Å². The summed E-state index contributed by atoms with van der Waals surface area (Å²) in [5.74, 6) is 1.62. The van der Waals surface area contributed by atoms with E-state index < -0.39 is 5.97 Å². The number of halogens is 1. The number of carbonyl (C=O) groups excluding carboxylic acids is 1. The van der Waals surface area contributed by atoms with Crippen LogP contribution in [-0.4, -0.2) is 19.4 Å². The van der Waals surface area contributed by atoms with Gasteiger partial charge in [0.05, 0.1) is 0 Å². The normalized spacial score (nSPS) is 12.1. The minimum Gasteiger partial charge on any atom is -0.482 e. The van der Waals surface area contributed by atoms with Crippen molar-refractivity contribution in [3.63, 3.8) is 0 Å². The van der Waals surface area contributed by atoms with E-state index in [1.165, 1.54) is 0 Å². The molecule has 1 aliphatic rings. The molecule has 0 unspecified atom stereocenters. The van der Waals surface area contributed by atoms with Crippen molar-refractivity contribution in [3.05, 3.63) is 47.0 Å². The smallest absolute Gasteiger partial charge is 0.349 e. The standard InChI is InChI=1S/C16H13ClO5/c1-10-6-11(2-4-13(10)17)19-8-16(18)22-12-3-5-14-15(7-12)21-9-20-14/h2-7H,8-9H2,1H3. The third-order valence-corrected chi connectivity index (χ3v) is 3.49. The number of fused-ring (bicyclic) bond motifs is 1. The van der Waals surface area contributed by atoms with Gasteiger partial charge >= 0.3 is 5.97 Å². The van der Waals surface area contributed by atoms with E-state index in [-0.39, 0.29) is 13.4 Å². The van der Waals surface area contributed by atoms with E-state index in [0.717, 1.165) is 5.56 Å². The molecule has 1 aliphatic heterocycles. The number of carbonyl (C=O) groups is 1. The van der Waals surface area contributed by atoms with Gasteiger partial charge in [0, 0.05) is 11.1 Å². The second-order valence-corrected chi connectivity index (χ2v) is 5.10. The minimum atomic E-state index is -0.508. The predicted molar refractivity (Wildman–Crippen MR) is 79.9 cm³/mol. The van der Waals surface area contributed by atoms with Gasteiger partial charge in [-0.1, -0.05) is 11.6 Å². The van der Waals surface area contributed by atoms with E-state index in [1.807, 2.05) is 6.92 Å². The van der Waals surface area contributed by atoms with Crippen LogP contribution in [0.15, 0.2) is 36.4 Å². The first kappa shape index (κ1) is 14.5. The summed E-state index contributed by atoms with van der Waals surface area (Å²) in [6.07, 6.45) is 0. The molecule has 0 saturated carbocycles. The SMILES string of the molecule is Cc1cc(OCC(=O)Oc2ccc3c(c2)OCO3)ccc1Cl. The zero-order chi connectivity index (χ0) is 15.5.